The van der Waals surface area contributed by atoms with E-state index in [1.807, 2.05) is 29.4 Å². The van der Waals surface area contributed by atoms with Gasteiger partial charge in [-0.15, -0.1) is 0 Å². The molecule has 1 amide bonds. The lowest BCUT2D eigenvalue weighted by molar-refractivity contribution is -0.139. The highest BCUT2D eigenvalue weighted by Crippen LogP contribution is 2.30. The molecule has 0 aromatic carbocycles. The van der Waals surface area contributed by atoms with Crippen molar-refractivity contribution in [3.8, 4) is 5.75 Å². The number of pyridine rings is 1. The molecule has 126 valence electrons. The second-order valence-corrected chi connectivity index (χ2v) is 6.71. The molecule has 1 saturated carbocycles. The molecule has 0 N–H and O–H groups in total. The third kappa shape index (κ3) is 3.13. The first-order valence-corrected chi connectivity index (χ1v) is 8.61. The maximum absolute atomic E-state index is 12.7. The maximum Gasteiger partial charge on any atom is 0.226 e. The van der Waals surface area contributed by atoms with E-state index in [2.05, 4.69) is 14.5 Å². The van der Waals surface area contributed by atoms with Crippen LogP contribution in [0.5, 0.6) is 5.75 Å². The topological polar surface area (TPSA) is 60.2 Å². The van der Waals surface area contributed by atoms with Crippen molar-refractivity contribution in [1.82, 2.24) is 19.4 Å². The lowest BCUT2D eigenvalue weighted by Gasteiger charge is -2.32. The van der Waals surface area contributed by atoms with Crippen LogP contribution in [0.1, 0.15) is 25.1 Å². The fourth-order valence-electron chi connectivity index (χ4n) is 3.37. The van der Waals surface area contributed by atoms with Gasteiger partial charge in [0.2, 0.25) is 5.91 Å². The summed E-state index contributed by atoms with van der Waals surface area (Å²) in [6.45, 7) is 2.71. The molecule has 2 aromatic rings. The number of imidazole rings is 1. The average Bonchev–Trinajstić information content (AvgIpc) is 2.90. The Bertz CT molecular complexity index is 696. The van der Waals surface area contributed by atoms with E-state index in [-0.39, 0.29) is 17.7 Å². The molecular weight excluding hydrogens is 304 g/mol. The second kappa shape index (κ2) is 6.63. The van der Waals surface area contributed by atoms with E-state index < -0.39 is 0 Å². The number of amides is 1. The number of fused-ring (bicyclic) bond motifs is 1. The molecule has 3 heterocycles. The van der Waals surface area contributed by atoms with Crippen LogP contribution in [0.4, 0.5) is 0 Å². The number of ether oxygens (including phenoxy) is 1. The Hall–Kier alpha value is -2.37. The van der Waals surface area contributed by atoms with Gasteiger partial charge in [0.15, 0.2) is 0 Å². The summed E-state index contributed by atoms with van der Waals surface area (Å²) in [4.78, 5) is 23.2. The largest absolute Gasteiger partial charge is 0.492 e. The molecule has 4 rings (SSSR count). The fourth-order valence-corrected chi connectivity index (χ4v) is 3.37. The van der Waals surface area contributed by atoms with E-state index in [0.717, 1.165) is 37.5 Å². The predicted molar refractivity (Wildman–Crippen MR) is 88.2 cm³/mol. The van der Waals surface area contributed by atoms with Crippen LogP contribution in [0.25, 0.3) is 0 Å². The molecule has 0 saturated heterocycles. The highest BCUT2D eigenvalue weighted by Gasteiger charge is 2.33. The highest BCUT2D eigenvalue weighted by molar-refractivity contribution is 5.79. The zero-order valence-electron chi connectivity index (χ0n) is 13.7. The smallest absolute Gasteiger partial charge is 0.226 e. The lowest BCUT2D eigenvalue weighted by Crippen LogP contribution is -2.41. The Morgan fingerprint density at radius 2 is 2.21 bits per heavy atom. The van der Waals surface area contributed by atoms with Crippen molar-refractivity contribution in [3.05, 3.63) is 42.7 Å². The van der Waals surface area contributed by atoms with Crippen molar-refractivity contribution < 1.29 is 9.53 Å². The number of carbonyl (C=O) groups excluding carboxylic acids is 1. The van der Waals surface area contributed by atoms with E-state index >= 15 is 0 Å². The summed E-state index contributed by atoms with van der Waals surface area (Å²) < 4.78 is 8.03. The van der Waals surface area contributed by atoms with E-state index in [0.29, 0.717) is 13.2 Å². The first-order valence-electron chi connectivity index (χ1n) is 8.61. The minimum Gasteiger partial charge on any atom is -0.492 e. The molecule has 6 heteroatoms. The van der Waals surface area contributed by atoms with Crippen molar-refractivity contribution in [2.24, 2.45) is 11.8 Å². The van der Waals surface area contributed by atoms with Gasteiger partial charge < -0.3 is 14.2 Å². The third-order valence-corrected chi connectivity index (χ3v) is 4.95. The van der Waals surface area contributed by atoms with E-state index in [4.69, 9.17) is 4.74 Å². The van der Waals surface area contributed by atoms with Crippen LogP contribution in [0.2, 0.25) is 0 Å². The van der Waals surface area contributed by atoms with Gasteiger partial charge in [-0.2, -0.15) is 0 Å². The Morgan fingerprint density at radius 3 is 2.96 bits per heavy atom. The van der Waals surface area contributed by atoms with Gasteiger partial charge in [0, 0.05) is 43.5 Å². The van der Waals surface area contributed by atoms with Gasteiger partial charge in [0.1, 0.15) is 11.6 Å². The van der Waals surface area contributed by atoms with Gasteiger partial charge >= 0.3 is 0 Å². The van der Waals surface area contributed by atoms with Crippen molar-refractivity contribution >= 4 is 5.91 Å². The van der Waals surface area contributed by atoms with Gasteiger partial charge in [0.05, 0.1) is 19.3 Å². The summed E-state index contributed by atoms with van der Waals surface area (Å²) in [5.74, 6) is 2.47. The van der Waals surface area contributed by atoms with Crippen molar-refractivity contribution in [1.29, 1.82) is 0 Å². The number of aromatic nitrogens is 3. The van der Waals surface area contributed by atoms with Crippen LogP contribution < -0.4 is 4.74 Å². The Balaban J connectivity index is 1.47. The zero-order chi connectivity index (χ0) is 16.4. The van der Waals surface area contributed by atoms with Crippen LogP contribution in [0.3, 0.4) is 0 Å². The van der Waals surface area contributed by atoms with Crippen LogP contribution >= 0.6 is 0 Å². The van der Waals surface area contributed by atoms with E-state index in [9.17, 15) is 4.79 Å². The number of hydrogen-bond acceptors (Lipinski definition) is 4. The van der Waals surface area contributed by atoms with Gasteiger partial charge in [-0.05, 0) is 25.0 Å². The summed E-state index contributed by atoms with van der Waals surface area (Å²) in [6, 6.07) is 3.77. The second-order valence-electron chi connectivity index (χ2n) is 6.71. The molecule has 0 spiro atoms. The number of hydrogen-bond donors (Lipinski definition) is 0. The van der Waals surface area contributed by atoms with Crippen LogP contribution in [0, 0.1) is 11.8 Å². The summed E-state index contributed by atoms with van der Waals surface area (Å²) in [7, 11) is 0. The van der Waals surface area contributed by atoms with Crippen LogP contribution in [-0.2, 0) is 17.9 Å². The molecule has 2 aromatic heterocycles. The fraction of sp³-hybridized carbons (Fsp3) is 0.500. The zero-order valence-corrected chi connectivity index (χ0v) is 13.7. The Kier molecular flexibility index (Phi) is 4.19. The molecule has 24 heavy (non-hydrogen) atoms. The molecule has 0 radical (unpaired) electrons. The molecule has 2 aliphatic rings. The van der Waals surface area contributed by atoms with Gasteiger partial charge in [-0.25, -0.2) is 4.98 Å². The third-order valence-electron chi connectivity index (χ3n) is 4.95. The average molecular weight is 326 g/mol. The molecule has 0 unspecified atom stereocenters. The van der Waals surface area contributed by atoms with Crippen LogP contribution in [0.15, 0.2) is 36.9 Å². The Morgan fingerprint density at radius 1 is 1.29 bits per heavy atom. The highest BCUT2D eigenvalue weighted by atomic mass is 16.5. The monoisotopic (exact) mass is 326 g/mol. The molecule has 1 aliphatic heterocycles. The molecule has 6 nitrogen and oxygen atoms in total. The lowest BCUT2D eigenvalue weighted by atomic mass is 9.84. The molecule has 0 bridgehead atoms. The summed E-state index contributed by atoms with van der Waals surface area (Å²) >= 11 is 0. The van der Waals surface area contributed by atoms with Crippen molar-refractivity contribution in [2.45, 2.75) is 32.4 Å². The van der Waals surface area contributed by atoms with Gasteiger partial charge in [0.25, 0.3) is 0 Å². The van der Waals surface area contributed by atoms with Gasteiger partial charge in [-0.1, -0.05) is 6.42 Å². The minimum atomic E-state index is 0.214. The molecule has 1 fully saturated rings. The van der Waals surface area contributed by atoms with Gasteiger partial charge in [-0.3, -0.25) is 9.78 Å². The maximum atomic E-state index is 12.7. The number of carbonyl (C=O) groups is 1. The molecular formula is C18H22N4O2. The van der Waals surface area contributed by atoms with Crippen LogP contribution in [-0.4, -0.2) is 38.5 Å². The minimum absolute atomic E-state index is 0.214. The van der Waals surface area contributed by atoms with Crippen molar-refractivity contribution in [3.63, 3.8) is 0 Å². The number of rotatable bonds is 4. The molecule has 1 atom stereocenters. The van der Waals surface area contributed by atoms with E-state index in [1.165, 1.54) is 6.42 Å². The summed E-state index contributed by atoms with van der Waals surface area (Å²) in [6.07, 6.45) is 10.5. The van der Waals surface area contributed by atoms with E-state index in [1.54, 1.807) is 12.4 Å². The summed E-state index contributed by atoms with van der Waals surface area (Å²) in [5.41, 5.74) is 0. The summed E-state index contributed by atoms with van der Waals surface area (Å²) in [5, 5.41) is 0. The Labute approximate surface area is 141 Å². The normalized spacial score (nSPS) is 20.8. The first-order chi connectivity index (χ1) is 11.8. The predicted octanol–water partition coefficient (Wildman–Crippen LogP) is 2.12. The SMILES string of the molecule is O=C(C1CCC1)N1Cc2nccn2C[C@@H](COc2cccnc2)C1. The standard InChI is InChI=1S/C18H22N4O2/c23-18(15-3-1-4-15)22-11-14(10-21-8-7-20-17(21)12-22)13-24-16-5-2-6-19-9-16/h2,5-9,14-15H,1,3-4,10-13H2/t14-/m1/s1. The van der Waals surface area contributed by atoms with Crippen molar-refractivity contribution in [2.75, 3.05) is 13.2 Å². The molecule has 1 aliphatic carbocycles. The first kappa shape index (κ1) is 15.2. The quantitative estimate of drug-likeness (QED) is 0.863. The number of nitrogens with zero attached hydrogens (tertiary/aromatic N) is 4.